The zero-order chi connectivity index (χ0) is 13.0. The Morgan fingerprint density at radius 3 is 2.24 bits per heavy atom. The van der Waals surface area contributed by atoms with Crippen LogP contribution in [0.3, 0.4) is 0 Å². The summed E-state index contributed by atoms with van der Waals surface area (Å²) < 4.78 is 25.5. The van der Waals surface area contributed by atoms with Crippen molar-refractivity contribution in [3.8, 4) is 0 Å². The van der Waals surface area contributed by atoms with Gasteiger partial charge < -0.3 is 15.5 Å². The highest BCUT2D eigenvalue weighted by Crippen LogP contribution is 2.08. The van der Waals surface area contributed by atoms with Crippen molar-refractivity contribution in [2.45, 2.75) is 12.6 Å². The highest BCUT2D eigenvalue weighted by molar-refractivity contribution is 5.83. The topological polar surface area (TPSA) is 86.6 Å². The van der Waals surface area contributed by atoms with E-state index in [1.807, 2.05) is 0 Å². The molecule has 0 aliphatic carbocycles. The van der Waals surface area contributed by atoms with E-state index >= 15 is 0 Å². The van der Waals surface area contributed by atoms with E-state index < -0.39 is 36.2 Å². The number of nitrogens with one attached hydrogen (secondary N) is 1. The number of carboxylic acids is 1. The third kappa shape index (κ3) is 4.15. The van der Waals surface area contributed by atoms with Crippen LogP contribution in [-0.4, -0.2) is 28.3 Å². The van der Waals surface area contributed by atoms with Gasteiger partial charge in [-0.2, -0.15) is 0 Å². The summed E-state index contributed by atoms with van der Waals surface area (Å²) in [6.45, 7) is 0. The fraction of sp³-hybridized carbons (Fsp3) is 0.200. The lowest BCUT2D eigenvalue weighted by Crippen LogP contribution is -2.41. The van der Waals surface area contributed by atoms with E-state index in [4.69, 9.17) is 10.2 Å². The van der Waals surface area contributed by atoms with Crippen molar-refractivity contribution in [2.24, 2.45) is 0 Å². The molecule has 0 aliphatic rings. The van der Waals surface area contributed by atoms with Gasteiger partial charge in [0.2, 0.25) is 12.1 Å². The zero-order valence-electron chi connectivity index (χ0n) is 8.48. The molecule has 0 unspecified atom stereocenters. The lowest BCUT2D eigenvalue weighted by molar-refractivity contribution is -0.151. The van der Waals surface area contributed by atoms with E-state index in [-0.39, 0.29) is 5.56 Å². The predicted molar refractivity (Wildman–Crippen MR) is 51.8 cm³/mol. The summed E-state index contributed by atoms with van der Waals surface area (Å²) in [7, 11) is 0. The van der Waals surface area contributed by atoms with Crippen molar-refractivity contribution < 1.29 is 28.6 Å². The maximum atomic E-state index is 12.8. The molecule has 0 saturated carbocycles. The van der Waals surface area contributed by atoms with Crippen LogP contribution in [0.25, 0.3) is 0 Å². The molecule has 1 aromatic carbocycles. The van der Waals surface area contributed by atoms with Gasteiger partial charge in [-0.3, -0.25) is 4.79 Å². The number of aliphatic hydroxyl groups is 1. The second kappa shape index (κ2) is 5.35. The van der Waals surface area contributed by atoms with Gasteiger partial charge in [0.05, 0.1) is 6.42 Å². The largest absolute Gasteiger partial charge is 0.478 e. The number of benzene rings is 1. The molecule has 0 aliphatic heterocycles. The summed E-state index contributed by atoms with van der Waals surface area (Å²) >= 11 is 0. The highest BCUT2D eigenvalue weighted by Gasteiger charge is 2.16. The van der Waals surface area contributed by atoms with Gasteiger partial charge in [-0.25, -0.2) is 13.6 Å². The lowest BCUT2D eigenvalue weighted by atomic mass is 10.1. The first-order valence-corrected chi connectivity index (χ1v) is 4.53. The van der Waals surface area contributed by atoms with Crippen LogP contribution < -0.4 is 5.32 Å². The van der Waals surface area contributed by atoms with Crippen molar-refractivity contribution in [3.05, 3.63) is 35.4 Å². The molecule has 3 N–H and O–H groups in total. The van der Waals surface area contributed by atoms with Crippen LogP contribution in [0.5, 0.6) is 0 Å². The number of carbonyl (C=O) groups is 2. The Labute approximate surface area is 94.7 Å². The van der Waals surface area contributed by atoms with Gasteiger partial charge in [0.1, 0.15) is 11.6 Å². The Bertz CT molecular complexity index is 430. The molecule has 0 fully saturated rings. The normalized spacial score (nSPS) is 11.9. The van der Waals surface area contributed by atoms with Crippen molar-refractivity contribution >= 4 is 11.9 Å². The molecule has 1 rings (SSSR count). The maximum absolute atomic E-state index is 12.8. The minimum Gasteiger partial charge on any atom is -0.478 e. The number of amides is 1. The summed E-state index contributed by atoms with van der Waals surface area (Å²) in [6.07, 6.45) is -2.47. The molecule has 0 saturated heterocycles. The van der Waals surface area contributed by atoms with Crippen molar-refractivity contribution in [2.75, 3.05) is 0 Å². The number of aliphatic hydroxyl groups excluding tert-OH is 1. The number of hydrogen-bond acceptors (Lipinski definition) is 3. The van der Waals surface area contributed by atoms with Crippen LogP contribution in [0.15, 0.2) is 18.2 Å². The number of hydrogen-bond donors (Lipinski definition) is 3. The molecular formula is C10H9F2NO4. The number of carbonyl (C=O) groups excluding carboxylic acids is 1. The molecule has 0 radical (unpaired) electrons. The third-order valence-electron chi connectivity index (χ3n) is 1.82. The van der Waals surface area contributed by atoms with Crippen LogP contribution in [0.1, 0.15) is 5.56 Å². The van der Waals surface area contributed by atoms with Gasteiger partial charge in [-0.1, -0.05) is 0 Å². The van der Waals surface area contributed by atoms with Gasteiger partial charge in [-0.15, -0.1) is 0 Å². The first-order valence-electron chi connectivity index (χ1n) is 4.53. The Morgan fingerprint density at radius 1 is 1.24 bits per heavy atom. The Hall–Kier alpha value is -2.02. The highest BCUT2D eigenvalue weighted by atomic mass is 19.1. The SMILES string of the molecule is O=C(Cc1cc(F)cc(F)c1)N[C@@H](O)C(=O)O. The summed E-state index contributed by atoms with van der Waals surface area (Å²) in [4.78, 5) is 21.4. The Balaban J connectivity index is 2.65. The van der Waals surface area contributed by atoms with Crippen LogP contribution in [-0.2, 0) is 16.0 Å². The summed E-state index contributed by atoms with van der Waals surface area (Å²) in [5.74, 6) is -4.16. The monoisotopic (exact) mass is 245 g/mol. The van der Waals surface area contributed by atoms with Gasteiger partial charge in [0.25, 0.3) is 0 Å². The summed E-state index contributed by atoms with van der Waals surface area (Å²) in [5, 5.41) is 18.8. The first kappa shape index (κ1) is 13.0. The van der Waals surface area contributed by atoms with Crippen molar-refractivity contribution in [1.82, 2.24) is 5.32 Å². The molecule has 17 heavy (non-hydrogen) atoms. The number of carboxylic acid groups (broad SMARTS) is 1. The Kier molecular flexibility index (Phi) is 4.11. The molecule has 7 heteroatoms. The van der Waals surface area contributed by atoms with Crippen molar-refractivity contribution in [3.63, 3.8) is 0 Å². The van der Waals surface area contributed by atoms with E-state index in [0.717, 1.165) is 12.1 Å². The lowest BCUT2D eigenvalue weighted by Gasteiger charge is -2.08. The molecule has 0 spiro atoms. The van der Waals surface area contributed by atoms with Gasteiger partial charge in [0.15, 0.2) is 0 Å². The molecule has 0 aromatic heterocycles. The van der Waals surface area contributed by atoms with Gasteiger partial charge in [-0.05, 0) is 17.7 Å². The molecule has 1 amide bonds. The standard InChI is InChI=1S/C10H9F2NO4/c11-6-1-5(2-7(12)4-6)3-8(14)13-9(15)10(16)17/h1-2,4,9,15H,3H2,(H,13,14)(H,16,17)/t9-/m0/s1. The van der Waals surface area contributed by atoms with E-state index in [9.17, 15) is 18.4 Å². The van der Waals surface area contributed by atoms with Crippen molar-refractivity contribution in [1.29, 1.82) is 0 Å². The quantitative estimate of drug-likeness (QED) is 0.653. The fourth-order valence-electron chi connectivity index (χ4n) is 1.16. The number of rotatable bonds is 4. The molecule has 1 atom stereocenters. The third-order valence-corrected chi connectivity index (χ3v) is 1.82. The van der Waals surface area contributed by atoms with Crippen LogP contribution in [0, 0.1) is 11.6 Å². The molecule has 92 valence electrons. The van der Waals surface area contributed by atoms with Gasteiger partial charge >= 0.3 is 5.97 Å². The zero-order valence-corrected chi connectivity index (χ0v) is 8.48. The smallest absolute Gasteiger partial charge is 0.353 e. The van der Waals surface area contributed by atoms with Crippen LogP contribution in [0.2, 0.25) is 0 Å². The summed E-state index contributed by atoms with van der Waals surface area (Å²) in [5.41, 5.74) is 0.0394. The second-order valence-electron chi connectivity index (χ2n) is 3.26. The van der Waals surface area contributed by atoms with Gasteiger partial charge in [0, 0.05) is 6.07 Å². The first-order chi connectivity index (χ1) is 7.88. The molecule has 0 bridgehead atoms. The van der Waals surface area contributed by atoms with Crippen LogP contribution in [0.4, 0.5) is 8.78 Å². The van der Waals surface area contributed by atoms with Crippen LogP contribution >= 0.6 is 0 Å². The van der Waals surface area contributed by atoms with E-state index in [1.54, 1.807) is 5.32 Å². The average Bonchev–Trinajstić information content (AvgIpc) is 2.14. The van der Waals surface area contributed by atoms with E-state index in [1.165, 1.54) is 0 Å². The van der Waals surface area contributed by atoms with E-state index in [0.29, 0.717) is 6.07 Å². The molecule has 0 heterocycles. The Morgan fingerprint density at radius 2 is 1.76 bits per heavy atom. The number of aliphatic carboxylic acids is 1. The van der Waals surface area contributed by atoms with E-state index in [2.05, 4.69) is 0 Å². The summed E-state index contributed by atoms with van der Waals surface area (Å²) in [6, 6.07) is 2.53. The minimum atomic E-state index is -2.04. The second-order valence-corrected chi connectivity index (χ2v) is 3.26. The average molecular weight is 245 g/mol. The minimum absolute atomic E-state index is 0.0394. The fourth-order valence-corrected chi connectivity index (χ4v) is 1.16. The molecule has 5 nitrogen and oxygen atoms in total. The molecule has 1 aromatic rings. The maximum Gasteiger partial charge on any atom is 0.353 e. The molecular weight excluding hydrogens is 236 g/mol. The predicted octanol–water partition coefficient (Wildman–Crippen LogP) is 0.0265. The number of halogens is 2.